The Hall–Kier alpha value is -2.03. The molecule has 5 nitrogen and oxygen atoms in total. The Morgan fingerprint density at radius 3 is 2.44 bits per heavy atom. The average molecular weight is 389 g/mol. The fourth-order valence-electron chi connectivity index (χ4n) is 2.00. The molecule has 0 atom stereocenters. The van der Waals surface area contributed by atoms with Crippen molar-refractivity contribution < 1.29 is 22.0 Å². The molecular weight excluding hydrogens is 374 g/mol. The van der Waals surface area contributed by atoms with Crippen molar-refractivity contribution in [3.05, 3.63) is 64.7 Å². The molecule has 1 N–H and O–H groups in total. The SMILES string of the molecule is CN(CC(=O)NCc1cc(F)ccc1F)S(=O)(=O)c1ccc(Cl)cc1. The zero-order valence-corrected chi connectivity index (χ0v) is 14.7. The zero-order valence-electron chi connectivity index (χ0n) is 13.2. The first-order chi connectivity index (χ1) is 11.7. The molecule has 0 heterocycles. The molecule has 0 saturated heterocycles. The van der Waals surface area contributed by atoms with Crippen LogP contribution in [0.4, 0.5) is 8.78 Å². The van der Waals surface area contributed by atoms with E-state index in [0.717, 1.165) is 22.5 Å². The fourth-order valence-corrected chi connectivity index (χ4v) is 3.26. The average Bonchev–Trinajstić information content (AvgIpc) is 2.56. The van der Waals surface area contributed by atoms with Crippen LogP contribution in [0.1, 0.15) is 5.56 Å². The number of hydrogen-bond acceptors (Lipinski definition) is 3. The molecule has 134 valence electrons. The minimum absolute atomic E-state index is 0.0108. The standard InChI is InChI=1S/C16H15ClF2N2O3S/c1-21(25(23,24)14-5-2-12(17)3-6-14)10-16(22)20-9-11-8-13(18)4-7-15(11)19/h2-8H,9-10H2,1H3,(H,20,22). The smallest absolute Gasteiger partial charge is 0.243 e. The molecule has 0 aromatic heterocycles. The van der Waals surface area contributed by atoms with Crippen LogP contribution in [-0.4, -0.2) is 32.2 Å². The lowest BCUT2D eigenvalue weighted by molar-refractivity contribution is -0.121. The fraction of sp³-hybridized carbons (Fsp3) is 0.188. The van der Waals surface area contributed by atoms with Crippen LogP contribution in [0.5, 0.6) is 0 Å². The minimum Gasteiger partial charge on any atom is -0.351 e. The summed E-state index contributed by atoms with van der Waals surface area (Å²) in [6, 6.07) is 8.39. The molecule has 2 rings (SSSR count). The zero-order chi connectivity index (χ0) is 18.6. The first-order valence-corrected chi connectivity index (χ1v) is 8.94. The normalized spacial score (nSPS) is 11.6. The molecule has 2 aromatic carbocycles. The van der Waals surface area contributed by atoms with Gasteiger partial charge < -0.3 is 5.32 Å². The number of rotatable bonds is 6. The summed E-state index contributed by atoms with van der Waals surface area (Å²) in [5, 5.41) is 2.74. The van der Waals surface area contributed by atoms with E-state index < -0.39 is 34.1 Å². The molecule has 0 aliphatic rings. The summed E-state index contributed by atoms with van der Waals surface area (Å²) >= 11 is 5.72. The summed E-state index contributed by atoms with van der Waals surface area (Å²) < 4.78 is 52.1. The maximum absolute atomic E-state index is 13.5. The molecule has 0 saturated carbocycles. The first-order valence-electron chi connectivity index (χ1n) is 7.12. The van der Waals surface area contributed by atoms with Gasteiger partial charge >= 0.3 is 0 Å². The molecule has 9 heteroatoms. The molecule has 1 amide bonds. The van der Waals surface area contributed by atoms with Gasteiger partial charge in [-0.2, -0.15) is 4.31 Å². The number of likely N-dealkylation sites (N-methyl/N-ethyl adjacent to an activating group) is 1. The van der Waals surface area contributed by atoms with Gasteiger partial charge in [0.25, 0.3) is 0 Å². The lowest BCUT2D eigenvalue weighted by Gasteiger charge is -2.17. The molecule has 2 aromatic rings. The molecular formula is C16H15ClF2N2O3S. The highest BCUT2D eigenvalue weighted by Gasteiger charge is 2.22. The Kier molecular flexibility index (Phi) is 6.10. The van der Waals surface area contributed by atoms with Crippen molar-refractivity contribution in [2.75, 3.05) is 13.6 Å². The number of carbonyl (C=O) groups is 1. The predicted molar refractivity (Wildman–Crippen MR) is 89.5 cm³/mol. The maximum Gasteiger partial charge on any atom is 0.243 e. The number of nitrogens with zero attached hydrogens (tertiary/aromatic N) is 1. The van der Waals surface area contributed by atoms with Crippen LogP contribution in [0.25, 0.3) is 0 Å². The van der Waals surface area contributed by atoms with E-state index >= 15 is 0 Å². The Morgan fingerprint density at radius 2 is 1.80 bits per heavy atom. The molecule has 0 unspecified atom stereocenters. The maximum atomic E-state index is 13.5. The Bertz CT molecular complexity index is 873. The quantitative estimate of drug-likeness (QED) is 0.827. The van der Waals surface area contributed by atoms with Gasteiger partial charge in [0, 0.05) is 24.2 Å². The van der Waals surface area contributed by atoms with E-state index in [1.165, 1.54) is 31.3 Å². The van der Waals surface area contributed by atoms with Crippen LogP contribution in [0.15, 0.2) is 47.4 Å². The number of amides is 1. The van der Waals surface area contributed by atoms with E-state index in [9.17, 15) is 22.0 Å². The van der Waals surface area contributed by atoms with Gasteiger partial charge in [-0.15, -0.1) is 0 Å². The second kappa shape index (κ2) is 7.90. The monoisotopic (exact) mass is 388 g/mol. The molecule has 0 spiro atoms. The Morgan fingerprint density at radius 1 is 1.16 bits per heavy atom. The number of hydrogen-bond donors (Lipinski definition) is 1. The number of carbonyl (C=O) groups excluding carboxylic acids is 1. The molecule has 0 bridgehead atoms. The molecule has 0 fully saturated rings. The highest BCUT2D eigenvalue weighted by atomic mass is 35.5. The van der Waals surface area contributed by atoms with Crippen molar-refractivity contribution in [2.24, 2.45) is 0 Å². The molecule has 0 aliphatic carbocycles. The third-order valence-electron chi connectivity index (χ3n) is 3.37. The number of nitrogens with one attached hydrogen (secondary N) is 1. The van der Waals surface area contributed by atoms with Crippen LogP contribution in [0.3, 0.4) is 0 Å². The van der Waals surface area contributed by atoms with Crippen LogP contribution in [0.2, 0.25) is 5.02 Å². The summed E-state index contributed by atoms with van der Waals surface area (Å²) in [7, 11) is -2.63. The van der Waals surface area contributed by atoms with Gasteiger partial charge in [-0.25, -0.2) is 17.2 Å². The number of halogens is 3. The van der Waals surface area contributed by atoms with E-state index in [-0.39, 0.29) is 17.0 Å². The van der Waals surface area contributed by atoms with Crippen molar-refractivity contribution in [2.45, 2.75) is 11.4 Å². The van der Waals surface area contributed by atoms with Crippen LogP contribution in [-0.2, 0) is 21.4 Å². The van der Waals surface area contributed by atoms with Gasteiger partial charge in [0.1, 0.15) is 11.6 Å². The largest absolute Gasteiger partial charge is 0.351 e. The van der Waals surface area contributed by atoms with Gasteiger partial charge in [-0.05, 0) is 42.5 Å². The van der Waals surface area contributed by atoms with Crippen molar-refractivity contribution in [1.29, 1.82) is 0 Å². The van der Waals surface area contributed by atoms with E-state index in [1.807, 2.05) is 0 Å². The van der Waals surface area contributed by atoms with Crippen LogP contribution in [0, 0.1) is 11.6 Å². The second-order valence-corrected chi connectivity index (χ2v) is 7.71. The van der Waals surface area contributed by atoms with Crippen molar-refractivity contribution >= 4 is 27.5 Å². The lowest BCUT2D eigenvalue weighted by Crippen LogP contribution is -2.38. The van der Waals surface area contributed by atoms with E-state index in [2.05, 4.69) is 5.32 Å². The van der Waals surface area contributed by atoms with Gasteiger partial charge in [-0.1, -0.05) is 11.6 Å². The predicted octanol–water partition coefficient (Wildman–Crippen LogP) is 2.56. The highest BCUT2D eigenvalue weighted by molar-refractivity contribution is 7.89. The number of sulfonamides is 1. The third kappa shape index (κ3) is 4.97. The second-order valence-electron chi connectivity index (χ2n) is 5.23. The van der Waals surface area contributed by atoms with Crippen molar-refractivity contribution in [3.63, 3.8) is 0 Å². The molecule has 0 radical (unpaired) electrons. The topological polar surface area (TPSA) is 66.5 Å². The number of benzene rings is 2. The van der Waals surface area contributed by atoms with Crippen LogP contribution < -0.4 is 5.32 Å². The minimum atomic E-state index is -3.87. The first kappa shape index (κ1) is 19.3. The summed E-state index contributed by atoms with van der Waals surface area (Å²) in [5.41, 5.74) is -0.0310. The van der Waals surface area contributed by atoms with Crippen molar-refractivity contribution in [3.8, 4) is 0 Å². The molecule has 25 heavy (non-hydrogen) atoms. The summed E-state index contributed by atoms with van der Waals surface area (Å²) in [5.74, 6) is -1.94. The summed E-state index contributed by atoms with van der Waals surface area (Å²) in [4.78, 5) is 11.9. The lowest BCUT2D eigenvalue weighted by atomic mass is 10.2. The van der Waals surface area contributed by atoms with E-state index in [1.54, 1.807) is 0 Å². The highest BCUT2D eigenvalue weighted by Crippen LogP contribution is 2.17. The van der Waals surface area contributed by atoms with Crippen LogP contribution >= 0.6 is 11.6 Å². The van der Waals surface area contributed by atoms with Gasteiger partial charge in [0.15, 0.2) is 0 Å². The van der Waals surface area contributed by atoms with Crippen molar-refractivity contribution in [1.82, 2.24) is 9.62 Å². The van der Waals surface area contributed by atoms with Gasteiger partial charge in [0.2, 0.25) is 15.9 Å². The van der Waals surface area contributed by atoms with E-state index in [0.29, 0.717) is 5.02 Å². The summed E-state index contributed by atoms with van der Waals surface area (Å²) in [6.07, 6.45) is 0. The molecule has 0 aliphatic heterocycles. The van der Waals surface area contributed by atoms with Gasteiger partial charge in [0.05, 0.1) is 11.4 Å². The Balaban J connectivity index is 1.99. The summed E-state index contributed by atoms with van der Waals surface area (Å²) in [6.45, 7) is -0.723. The van der Waals surface area contributed by atoms with E-state index in [4.69, 9.17) is 11.6 Å². The Labute approximate surface area is 149 Å². The third-order valence-corrected chi connectivity index (χ3v) is 5.44. The van der Waals surface area contributed by atoms with Gasteiger partial charge in [-0.3, -0.25) is 4.79 Å².